The van der Waals surface area contributed by atoms with Crippen molar-refractivity contribution in [1.82, 2.24) is 20.0 Å². The molecule has 0 spiro atoms. The fraction of sp³-hybridized carbons (Fsp3) is 0.333. The van der Waals surface area contributed by atoms with Crippen LogP contribution < -0.4 is 11.1 Å². The zero-order valence-corrected chi connectivity index (χ0v) is 19.8. The summed E-state index contributed by atoms with van der Waals surface area (Å²) in [5.41, 5.74) is 6.37. The lowest BCUT2D eigenvalue weighted by molar-refractivity contribution is -0.138. The number of halogens is 2. The number of nitrogens with zero attached hydrogens (tertiary/aromatic N) is 3. The van der Waals surface area contributed by atoms with Crippen molar-refractivity contribution < 1.29 is 18.8 Å². The van der Waals surface area contributed by atoms with Gasteiger partial charge in [-0.2, -0.15) is 5.10 Å². The minimum Gasteiger partial charge on any atom is -0.364 e. The number of hydrogen-bond donors (Lipinski definition) is 2. The first-order valence-electron chi connectivity index (χ1n) is 11.0. The molecule has 0 bridgehead atoms. The van der Waals surface area contributed by atoms with Gasteiger partial charge in [-0.3, -0.25) is 19.1 Å². The van der Waals surface area contributed by atoms with Gasteiger partial charge in [0.1, 0.15) is 12.4 Å². The Morgan fingerprint density at radius 1 is 1.21 bits per heavy atom. The van der Waals surface area contributed by atoms with Gasteiger partial charge in [0.15, 0.2) is 5.69 Å². The lowest BCUT2D eigenvalue weighted by Gasteiger charge is -2.29. The highest BCUT2D eigenvalue weighted by Crippen LogP contribution is 2.19. The highest BCUT2D eigenvalue weighted by molar-refractivity contribution is 6.30. The second-order valence-electron chi connectivity index (χ2n) is 8.04. The maximum absolute atomic E-state index is 14.1. The Labute approximate surface area is 201 Å². The average Bonchev–Trinajstić information content (AvgIpc) is 3.17. The molecule has 0 aliphatic rings. The fourth-order valence-electron chi connectivity index (χ4n) is 3.80. The summed E-state index contributed by atoms with van der Waals surface area (Å²) in [4.78, 5) is 39.2. The first kappa shape index (κ1) is 25.2. The molecule has 2 aromatic carbocycles. The van der Waals surface area contributed by atoms with E-state index in [0.717, 1.165) is 6.42 Å². The number of rotatable bonds is 10. The number of benzene rings is 2. The second-order valence-corrected chi connectivity index (χ2v) is 8.44. The summed E-state index contributed by atoms with van der Waals surface area (Å²) in [5, 5.41) is 7.40. The number of amides is 3. The third kappa shape index (κ3) is 5.72. The van der Waals surface area contributed by atoms with Gasteiger partial charge < -0.3 is 16.0 Å². The zero-order chi connectivity index (χ0) is 24.8. The maximum atomic E-state index is 14.1. The van der Waals surface area contributed by atoms with Crippen LogP contribution >= 0.6 is 11.6 Å². The third-order valence-corrected chi connectivity index (χ3v) is 5.85. The van der Waals surface area contributed by atoms with Gasteiger partial charge in [-0.15, -0.1) is 0 Å². The molecular weight excluding hydrogens is 461 g/mol. The van der Waals surface area contributed by atoms with Crippen LogP contribution in [0.3, 0.4) is 0 Å². The summed E-state index contributed by atoms with van der Waals surface area (Å²) >= 11 is 5.79. The number of para-hydroxylation sites is 1. The largest absolute Gasteiger partial charge is 0.364 e. The predicted molar refractivity (Wildman–Crippen MR) is 128 cm³/mol. The number of carbonyl (C=O) groups is 3. The SMILES string of the molecule is CCC[C@H](C)N(CC(=O)NCc1cccc(Cl)c1F)C(=O)Cn1nc(C(N)=O)c2ccccc21. The fourth-order valence-corrected chi connectivity index (χ4v) is 4.00. The number of carbonyl (C=O) groups excluding carboxylic acids is 3. The van der Waals surface area contributed by atoms with E-state index in [1.807, 2.05) is 13.8 Å². The zero-order valence-electron chi connectivity index (χ0n) is 19.1. The van der Waals surface area contributed by atoms with E-state index in [0.29, 0.717) is 17.3 Å². The highest BCUT2D eigenvalue weighted by atomic mass is 35.5. The summed E-state index contributed by atoms with van der Waals surface area (Å²) in [7, 11) is 0. The van der Waals surface area contributed by atoms with E-state index in [-0.39, 0.29) is 47.9 Å². The molecule has 34 heavy (non-hydrogen) atoms. The summed E-state index contributed by atoms with van der Waals surface area (Å²) in [5.74, 6) is -2.05. The maximum Gasteiger partial charge on any atom is 0.269 e. The van der Waals surface area contributed by atoms with Gasteiger partial charge in [-0.05, 0) is 25.5 Å². The van der Waals surface area contributed by atoms with E-state index >= 15 is 0 Å². The number of hydrogen-bond acceptors (Lipinski definition) is 4. The Hall–Kier alpha value is -3.46. The van der Waals surface area contributed by atoms with E-state index in [4.69, 9.17) is 17.3 Å². The van der Waals surface area contributed by atoms with Gasteiger partial charge in [0.2, 0.25) is 11.8 Å². The first-order valence-corrected chi connectivity index (χ1v) is 11.3. The molecule has 0 saturated heterocycles. The normalized spacial score (nSPS) is 11.9. The van der Waals surface area contributed by atoms with Crippen LogP contribution in [-0.2, 0) is 22.7 Å². The molecule has 3 amide bonds. The Morgan fingerprint density at radius 2 is 1.94 bits per heavy atom. The van der Waals surface area contributed by atoms with Crippen LogP contribution in [0.2, 0.25) is 5.02 Å². The van der Waals surface area contributed by atoms with Gasteiger partial charge in [0.05, 0.1) is 17.1 Å². The lowest BCUT2D eigenvalue weighted by Crippen LogP contribution is -2.46. The third-order valence-electron chi connectivity index (χ3n) is 5.56. The molecular formula is C24H27ClFN5O3. The van der Waals surface area contributed by atoms with Gasteiger partial charge in [-0.25, -0.2) is 4.39 Å². The number of aromatic nitrogens is 2. The van der Waals surface area contributed by atoms with Crippen LogP contribution in [-0.4, -0.2) is 45.0 Å². The molecule has 0 aliphatic carbocycles. The van der Waals surface area contributed by atoms with Crippen molar-refractivity contribution in [3.8, 4) is 0 Å². The van der Waals surface area contributed by atoms with E-state index in [1.54, 1.807) is 30.3 Å². The molecule has 3 N–H and O–H groups in total. The summed E-state index contributed by atoms with van der Waals surface area (Å²) in [6.45, 7) is 3.42. The average molecular weight is 488 g/mol. The first-order chi connectivity index (χ1) is 16.2. The van der Waals surface area contributed by atoms with E-state index in [9.17, 15) is 18.8 Å². The van der Waals surface area contributed by atoms with Crippen molar-refractivity contribution in [3.05, 3.63) is 64.6 Å². The van der Waals surface area contributed by atoms with Crippen LogP contribution in [0, 0.1) is 5.82 Å². The van der Waals surface area contributed by atoms with Crippen LogP contribution in [0.25, 0.3) is 10.9 Å². The lowest BCUT2D eigenvalue weighted by atomic mass is 10.1. The second kappa shape index (κ2) is 11.1. The van der Waals surface area contributed by atoms with Gasteiger partial charge in [0, 0.05) is 23.5 Å². The molecule has 180 valence electrons. The van der Waals surface area contributed by atoms with Crippen LogP contribution in [0.1, 0.15) is 42.7 Å². The monoisotopic (exact) mass is 487 g/mol. The molecule has 3 rings (SSSR count). The summed E-state index contributed by atoms with van der Waals surface area (Å²) < 4.78 is 15.5. The van der Waals surface area contributed by atoms with Crippen molar-refractivity contribution in [3.63, 3.8) is 0 Å². The van der Waals surface area contributed by atoms with Gasteiger partial charge in [0.25, 0.3) is 5.91 Å². The standard InChI is InChI=1S/C24H27ClFN5O3/c1-3-7-15(2)30(13-20(32)28-12-16-8-6-10-18(25)22(16)26)21(33)14-31-19-11-5-4-9-17(19)23(29-31)24(27)34/h4-6,8-11,15H,3,7,12-14H2,1-2H3,(H2,27,34)(H,28,32)/t15-/m0/s1. The Kier molecular flexibility index (Phi) is 8.22. The van der Waals surface area contributed by atoms with Crippen molar-refractivity contribution in [2.24, 2.45) is 5.73 Å². The molecule has 10 heteroatoms. The number of nitrogens with two attached hydrogens (primary N) is 1. The molecule has 3 aromatic rings. The number of primary amides is 1. The minimum atomic E-state index is -0.689. The molecule has 0 fully saturated rings. The molecule has 0 saturated carbocycles. The Morgan fingerprint density at radius 3 is 2.65 bits per heavy atom. The van der Waals surface area contributed by atoms with E-state index in [1.165, 1.54) is 21.7 Å². The smallest absolute Gasteiger partial charge is 0.269 e. The molecule has 1 atom stereocenters. The molecule has 0 radical (unpaired) electrons. The number of fused-ring (bicyclic) bond motifs is 1. The number of nitrogens with one attached hydrogen (secondary N) is 1. The van der Waals surface area contributed by atoms with Gasteiger partial charge >= 0.3 is 0 Å². The van der Waals surface area contributed by atoms with Crippen molar-refractivity contribution in [2.75, 3.05) is 6.54 Å². The molecule has 0 unspecified atom stereocenters. The predicted octanol–water partition coefficient (Wildman–Crippen LogP) is 3.26. The minimum absolute atomic E-state index is 0.0260. The van der Waals surface area contributed by atoms with Crippen molar-refractivity contribution >= 4 is 40.2 Å². The summed E-state index contributed by atoms with van der Waals surface area (Å²) in [6.07, 6.45) is 1.51. The van der Waals surface area contributed by atoms with Crippen molar-refractivity contribution in [1.29, 1.82) is 0 Å². The Bertz CT molecular complexity index is 1210. The Balaban J connectivity index is 1.76. The van der Waals surface area contributed by atoms with Crippen LogP contribution in [0.4, 0.5) is 4.39 Å². The summed E-state index contributed by atoms with van der Waals surface area (Å²) in [6, 6.07) is 11.3. The van der Waals surface area contributed by atoms with Crippen molar-refractivity contribution in [2.45, 2.75) is 45.8 Å². The van der Waals surface area contributed by atoms with E-state index < -0.39 is 17.6 Å². The quantitative estimate of drug-likeness (QED) is 0.457. The van der Waals surface area contributed by atoms with Crippen LogP contribution in [0.5, 0.6) is 0 Å². The van der Waals surface area contributed by atoms with Gasteiger partial charge in [-0.1, -0.05) is 55.3 Å². The van der Waals surface area contributed by atoms with Crippen LogP contribution in [0.15, 0.2) is 42.5 Å². The molecule has 1 heterocycles. The molecule has 8 nitrogen and oxygen atoms in total. The highest BCUT2D eigenvalue weighted by Gasteiger charge is 2.24. The van der Waals surface area contributed by atoms with E-state index in [2.05, 4.69) is 10.4 Å². The topological polar surface area (TPSA) is 110 Å². The molecule has 1 aromatic heterocycles. The molecule has 0 aliphatic heterocycles.